The number of sulfone groups is 1. The molecule has 2 N–H and O–H groups in total. The van der Waals surface area contributed by atoms with Gasteiger partial charge in [0.1, 0.15) is 0 Å². The first-order valence-electron chi connectivity index (χ1n) is 7.05. The molecule has 21 heavy (non-hydrogen) atoms. The van der Waals surface area contributed by atoms with Crippen LogP contribution in [0.25, 0.3) is 0 Å². The van der Waals surface area contributed by atoms with Gasteiger partial charge in [-0.05, 0) is 49.1 Å². The van der Waals surface area contributed by atoms with Crippen LogP contribution < -0.4 is 5.73 Å². The van der Waals surface area contributed by atoms with Gasteiger partial charge in [-0.25, -0.2) is 8.42 Å². The minimum atomic E-state index is -3.23. The number of piperidine rings is 1. The third-order valence-corrected chi connectivity index (χ3v) is 5.41. The topological polar surface area (TPSA) is 80.5 Å². The Morgan fingerprint density at radius 1 is 1.24 bits per heavy atom. The second-order valence-electron chi connectivity index (χ2n) is 6.10. The van der Waals surface area contributed by atoms with Crippen LogP contribution in [0, 0.1) is 5.41 Å². The fourth-order valence-electron chi connectivity index (χ4n) is 2.48. The number of nitrogens with zero attached hydrogens (tertiary/aromatic N) is 1. The van der Waals surface area contributed by atoms with Gasteiger partial charge in [-0.3, -0.25) is 4.79 Å². The maximum absolute atomic E-state index is 12.4. The standard InChI is InChI=1S/C15H22N2O3S/c1-15(11-16)7-9-17(10-8-15)14(18)12-3-5-13(6-4-12)21(2,19)20/h3-6H,7-11,16H2,1-2H3. The van der Waals surface area contributed by atoms with E-state index in [1.165, 1.54) is 12.1 Å². The van der Waals surface area contributed by atoms with Gasteiger partial charge in [0, 0.05) is 24.9 Å². The fraction of sp³-hybridized carbons (Fsp3) is 0.533. The molecule has 0 saturated carbocycles. The van der Waals surface area contributed by atoms with E-state index in [9.17, 15) is 13.2 Å². The predicted molar refractivity (Wildman–Crippen MR) is 81.9 cm³/mol. The van der Waals surface area contributed by atoms with E-state index in [0.717, 1.165) is 19.1 Å². The van der Waals surface area contributed by atoms with Crippen LogP contribution in [0.1, 0.15) is 30.1 Å². The average Bonchev–Trinajstić information content (AvgIpc) is 2.47. The first kappa shape index (κ1) is 16.0. The smallest absolute Gasteiger partial charge is 0.253 e. The van der Waals surface area contributed by atoms with Crippen molar-refractivity contribution in [2.75, 3.05) is 25.9 Å². The number of amides is 1. The summed E-state index contributed by atoms with van der Waals surface area (Å²) in [4.78, 5) is 14.4. The summed E-state index contributed by atoms with van der Waals surface area (Å²) in [6, 6.07) is 6.12. The summed E-state index contributed by atoms with van der Waals surface area (Å²) in [5.41, 5.74) is 6.42. The number of nitrogens with two attached hydrogens (primary N) is 1. The number of likely N-dealkylation sites (tertiary alicyclic amines) is 1. The first-order valence-corrected chi connectivity index (χ1v) is 8.94. The minimum Gasteiger partial charge on any atom is -0.339 e. The van der Waals surface area contributed by atoms with E-state index in [1.54, 1.807) is 12.1 Å². The number of rotatable bonds is 3. The quantitative estimate of drug-likeness (QED) is 0.912. The maximum Gasteiger partial charge on any atom is 0.253 e. The van der Waals surface area contributed by atoms with Crippen LogP contribution in [-0.2, 0) is 9.84 Å². The summed E-state index contributed by atoms with van der Waals surface area (Å²) in [6.07, 6.45) is 2.95. The summed E-state index contributed by atoms with van der Waals surface area (Å²) in [6.45, 7) is 4.18. The van der Waals surface area contributed by atoms with Gasteiger partial charge in [0.2, 0.25) is 0 Å². The highest BCUT2D eigenvalue weighted by Crippen LogP contribution is 2.30. The molecule has 6 heteroatoms. The Hall–Kier alpha value is -1.40. The van der Waals surface area contributed by atoms with Gasteiger partial charge in [0.25, 0.3) is 5.91 Å². The van der Waals surface area contributed by atoms with Gasteiger partial charge in [0.15, 0.2) is 9.84 Å². The molecule has 1 saturated heterocycles. The van der Waals surface area contributed by atoms with Gasteiger partial charge in [-0.2, -0.15) is 0 Å². The van der Waals surface area contributed by atoms with E-state index in [4.69, 9.17) is 5.73 Å². The highest BCUT2D eigenvalue weighted by molar-refractivity contribution is 7.90. The van der Waals surface area contributed by atoms with Crippen LogP contribution in [0.5, 0.6) is 0 Å². The number of benzene rings is 1. The second kappa shape index (κ2) is 5.77. The molecule has 1 aliphatic heterocycles. The molecule has 0 unspecified atom stereocenters. The molecular formula is C15H22N2O3S. The van der Waals surface area contributed by atoms with Crippen LogP contribution in [0.2, 0.25) is 0 Å². The van der Waals surface area contributed by atoms with Crippen LogP contribution in [0.3, 0.4) is 0 Å². The van der Waals surface area contributed by atoms with Crippen molar-refractivity contribution in [2.45, 2.75) is 24.7 Å². The summed E-state index contributed by atoms with van der Waals surface area (Å²) >= 11 is 0. The van der Waals surface area contributed by atoms with Crippen molar-refractivity contribution in [2.24, 2.45) is 11.1 Å². The lowest BCUT2D eigenvalue weighted by Gasteiger charge is -2.38. The van der Waals surface area contributed by atoms with E-state index in [-0.39, 0.29) is 16.2 Å². The first-order chi connectivity index (χ1) is 9.75. The lowest BCUT2D eigenvalue weighted by atomic mass is 9.80. The Morgan fingerprint density at radius 2 is 1.76 bits per heavy atom. The minimum absolute atomic E-state index is 0.0471. The molecule has 0 bridgehead atoms. The highest BCUT2D eigenvalue weighted by Gasteiger charge is 2.30. The molecule has 1 aromatic carbocycles. The lowest BCUT2D eigenvalue weighted by Crippen LogP contribution is -2.44. The van der Waals surface area contributed by atoms with E-state index >= 15 is 0 Å². The molecule has 2 rings (SSSR count). The van der Waals surface area contributed by atoms with Crippen LogP contribution in [0.15, 0.2) is 29.2 Å². The Kier molecular flexibility index (Phi) is 4.39. The molecule has 1 heterocycles. The van der Waals surface area contributed by atoms with Gasteiger partial charge in [0.05, 0.1) is 4.90 Å². The Morgan fingerprint density at radius 3 is 2.19 bits per heavy atom. The SMILES string of the molecule is CC1(CN)CCN(C(=O)c2ccc(S(C)(=O)=O)cc2)CC1. The van der Waals surface area contributed by atoms with Crippen molar-refractivity contribution in [3.63, 3.8) is 0 Å². The maximum atomic E-state index is 12.4. The Labute approximate surface area is 126 Å². The molecule has 116 valence electrons. The van der Waals surface area contributed by atoms with Crippen molar-refractivity contribution in [3.05, 3.63) is 29.8 Å². The normalized spacial score (nSPS) is 18.5. The summed E-state index contributed by atoms with van der Waals surface area (Å²) < 4.78 is 22.8. The van der Waals surface area contributed by atoms with E-state index in [0.29, 0.717) is 25.2 Å². The van der Waals surface area contributed by atoms with Crippen molar-refractivity contribution in [1.82, 2.24) is 4.90 Å². The van der Waals surface area contributed by atoms with Gasteiger partial charge in [-0.1, -0.05) is 6.92 Å². The predicted octanol–water partition coefficient (Wildman–Crippen LogP) is 1.29. The number of carbonyl (C=O) groups excluding carboxylic acids is 1. The van der Waals surface area contributed by atoms with Crippen LogP contribution in [0.4, 0.5) is 0 Å². The molecule has 0 aromatic heterocycles. The molecule has 0 atom stereocenters. The molecule has 0 spiro atoms. The zero-order chi connectivity index (χ0) is 15.7. The second-order valence-corrected chi connectivity index (χ2v) is 8.12. The fourth-order valence-corrected chi connectivity index (χ4v) is 3.11. The zero-order valence-corrected chi connectivity index (χ0v) is 13.3. The third-order valence-electron chi connectivity index (χ3n) is 4.28. The van der Waals surface area contributed by atoms with Gasteiger partial charge in [-0.15, -0.1) is 0 Å². The van der Waals surface area contributed by atoms with E-state index < -0.39 is 9.84 Å². The van der Waals surface area contributed by atoms with Crippen molar-refractivity contribution >= 4 is 15.7 Å². The molecule has 1 amide bonds. The molecule has 1 fully saturated rings. The van der Waals surface area contributed by atoms with E-state index in [1.807, 2.05) is 4.90 Å². The molecule has 1 aliphatic rings. The molecule has 0 aliphatic carbocycles. The van der Waals surface area contributed by atoms with Gasteiger partial charge >= 0.3 is 0 Å². The molecule has 5 nitrogen and oxygen atoms in total. The monoisotopic (exact) mass is 310 g/mol. The van der Waals surface area contributed by atoms with Crippen molar-refractivity contribution in [3.8, 4) is 0 Å². The highest BCUT2D eigenvalue weighted by atomic mass is 32.2. The molecule has 0 radical (unpaired) electrons. The average molecular weight is 310 g/mol. The summed E-state index contributed by atoms with van der Waals surface area (Å²) in [5.74, 6) is -0.0471. The largest absolute Gasteiger partial charge is 0.339 e. The third kappa shape index (κ3) is 3.63. The number of hydrogen-bond acceptors (Lipinski definition) is 4. The van der Waals surface area contributed by atoms with Crippen LogP contribution in [-0.4, -0.2) is 45.1 Å². The van der Waals surface area contributed by atoms with E-state index in [2.05, 4.69) is 6.92 Å². The van der Waals surface area contributed by atoms with Crippen molar-refractivity contribution in [1.29, 1.82) is 0 Å². The lowest BCUT2D eigenvalue weighted by molar-refractivity contribution is 0.0617. The summed E-state index contributed by atoms with van der Waals surface area (Å²) in [7, 11) is -3.23. The number of carbonyl (C=O) groups is 1. The van der Waals surface area contributed by atoms with Gasteiger partial charge < -0.3 is 10.6 Å². The molecule has 1 aromatic rings. The summed E-state index contributed by atoms with van der Waals surface area (Å²) in [5, 5.41) is 0. The Balaban J connectivity index is 2.08. The number of hydrogen-bond donors (Lipinski definition) is 1. The van der Waals surface area contributed by atoms with Crippen LogP contribution >= 0.6 is 0 Å². The zero-order valence-electron chi connectivity index (χ0n) is 12.5. The van der Waals surface area contributed by atoms with Crippen molar-refractivity contribution < 1.29 is 13.2 Å². The Bertz CT molecular complexity index is 615. The molecular weight excluding hydrogens is 288 g/mol.